The maximum atomic E-state index is 10.5. The molecule has 28 heavy (non-hydrogen) atoms. The maximum Gasteiger partial charge on any atom is 0.167 e. The summed E-state index contributed by atoms with van der Waals surface area (Å²) in [4.78, 5) is 13.0. The highest BCUT2D eigenvalue weighted by atomic mass is 16.6. The van der Waals surface area contributed by atoms with Crippen molar-refractivity contribution in [1.29, 1.82) is 0 Å². The van der Waals surface area contributed by atoms with Gasteiger partial charge in [0.1, 0.15) is 31.2 Å². The fourth-order valence-electron chi connectivity index (χ4n) is 3.51. The number of aromatic nitrogens is 4. The van der Waals surface area contributed by atoms with Crippen LogP contribution in [0.2, 0.25) is 0 Å². The summed E-state index contributed by atoms with van der Waals surface area (Å²) in [7, 11) is 0. The van der Waals surface area contributed by atoms with Crippen molar-refractivity contribution in [2.24, 2.45) is 0 Å². The van der Waals surface area contributed by atoms with Crippen molar-refractivity contribution in [3.63, 3.8) is 0 Å². The molecular formula is C18H23N5O5. The van der Waals surface area contributed by atoms with Crippen LogP contribution in [0.15, 0.2) is 12.7 Å². The van der Waals surface area contributed by atoms with E-state index in [2.05, 4.69) is 26.2 Å². The molecule has 10 heteroatoms. The molecule has 2 fully saturated rings. The number of imidazole rings is 1. The molecule has 2 aliphatic heterocycles. The molecule has 4 atom stereocenters. The lowest BCUT2D eigenvalue weighted by molar-refractivity contribution is -0.0615. The van der Waals surface area contributed by atoms with Crippen LogP contribution in [0.5, 0.6) is 0 Å². The van der Waals surface area contributed by atoms with Crippen LogP contribution < -0.4 is 5.32 Å². The number of ether oxygens (including phenoxy) is 3. The Balaban J connectivity index is 1.54. The maximum absolute atomic E-state index is 10.5. The summed E-state index contributed by atoms with van der Waals surface area (Å²) < 4.78 is 18.0. The predicted molar refractivity (Wildman–Crippen MR) is 98.4 cm³/mol. The highest BCUT2D eigenvalue weighted by molar-refractivity contribution is 5.82. The lowest BCUT2D eigenvalue weighted by Crippen LogP contribution is -2.33. The first-order valence-corrected chi connectivity index (χ1v) is 9.23. The third-order valence-corrected chi connectivity index (χ3v) is 5.00. The standard InChI is InChI=1S/C18H23N5O5/c1-2-5-27-8-12-14(24)15(25)18(28-12)23-10-21-13-16(19-9-20-17(13)23)22-11-3-6-26-7-4-11/h1,9-12,14-15,18,24-25H,3-8H2,(H,19,20,22). The Morgan fingerprint density at radius 3 is 2.86 bits per heavy atom. The molecule has 0 radical (unpaired) electrons. The molecule has 2 aliphatic rings. The fourth-order valence-corrected chi connectivity index (χ4v) is 3.51. The van der Waals surface area contributed by atoms with E-state index in [1.54, 1.807) is 4.57 Å². The average molecular weight is 389 g/mol. The predicted octanol–water partition coefficient (Wildman–Crippen LogP) is -0.314. The van der Waals surface area contributed by atoms with Crippen LogP contribution in [0.3, 0.4) is 0 Å². The van der Waals surface area contributed by atoms with Crippen molar-refractivity contribution in [1.82, 2.24) is 19.5 Å². The zero-order valence-electron chi connectivity index (χ0n) is 15.3. The topological polar surface area (TPSA) is 124 Å². The summed E-state index contributed by atoms with van der Waals surface area (Å²) >= 11 is 0. The van der Waals surface area contributed by atoms with E-state index in [-0.39, 0.29) is 19.3 Å². The van der Waals surface area contributed by atoms with Gasteiger partial charge in [0, 0.05) is 19.3 Å². The van der Waals surface area contributed by atoms with Gasteiger partial charge in [-0.15, -0.1) is 6.42 Å². The van der Waals surface area contributed by atoms with Crippen molar-refractivity contribution < 1.29 is 24.4 Å². The highest BCUT2D eigenvalue weighted by Crippen LogP contribution is 2.32. The molecule has 2 saturated heterocycles. The molecule has 0 bridgehead atoms. The van der Waals surface area contributed by atoms with Crippen LogP contribution in [0.25, 0.3) is 11.2 Å². The Kier molecular flexibility index (Phi) is 5.70. The number of anilines is 1. The number of hydrogen-bond acceptors (Lipinski definition) is 9. The Morgan fingerprint density at radius 2 is 2.07 bits per heavy atom. The highest BCUT2D eigenvalue weighted by Gasteiger charge is 2.44. The minimum atomic E-state index is -1.15. The number of aliphatic hydroxyl groups excluding tert-OH is 2. The van der Waals surface area contributed by atoms with E-state index in [0.29, 0.717) is 30.2 Å². The second kappa shape index (κ2) is 8.38. The quantitative estimate of drug-likeness (QED) is 0.451. The number of aliphatic hydroxyl groups is 2. The van der Waals surface area contributed by atoms with Gasteiger partial charge in [0.15, 0.2) is 23.2 Å². The van der Waals surface area contributed by atoms with Crippen molar-refractivity contribution in [2.75, 3.05) is 31.7 Å². The van der Waals surface area contributed by atoms with E-state index in [0.717, 1.165) is 12.8 Å². The zero-order valence-corrected chi connectivity index (χ0v) is 15.3. The third-order valence-electron chi connectivity index (χ3n) is 5.00. The van der Waals surface area contributed by atoms with Gasteiger partial charge < -0.3 is 29.7 Å². The summed E-state index contributed by atoms with van der Waals surface area (Å²) in [6.07, 6.45) is 6.10. The Morgan fingerprint density at radius 1 is 1.25 bits per heavy atom. The van der Waals surface area contributed by atoms with Crippen molar-refractivity contribution in [2.45, 2.75) is 43.4 Å². The summed E-state index contributed by atoms with van der Waals surface area (Å²) in [5, 5.41) is 24.1. The van der Waals surface area contributed by atoms with Crippen LogP contribution in [0.4, 0.5) is 5.82 Å². The van der Waals surface area contributed by atoms with Crippen molar-refractivity contribution in [3.8, 4) is 12.3 Å². The molecule has 0 saturated carbocycles. The zero-order chi connectivity index (χ0) is 19.5. The summed E-state index contributed by atoms with van der Waals surface area (Å²) in [6, 6.07) is 0.254. The monoisotopic (exact) mass is 389 g/mol. The van der Waals surface area contributed by atoms with Crippen molar-refractivity contribution in [3.05, 3.63) is 12.7 Å². The molecule has 3 N–H and O–H groups in total. The Labute approximate surface area is 161 Å². The first kappa shape index (κ1) is 19.0. The molecule has 2 aromatic heterocycles. The first-order valence-electron chi connectivity index (χ1n) is 9.23. The molecule has 4 rings (SSSR count). The van der Waals surface area contributed by atoms with Crippen LogP contribution in [-0.2, 0) is 14.2 Å². The lowest BCUT2D eigenvalue weighted by Gasteiger charge is -2.23. The van der Waals surface area contributed by atoms with E-state index in [4.69, 9.17) is 20.6 Å². The molecule has 0 aliphatic carbocycles. The number of nitrogens with zero attached hydrogens (tertiary/aromatic N) is 4. The lowest BCUT2D eigenvalue weighted by atomic mass is 10.1. The second-order valence-corrected chi connectivity index (χ2v) is 6.84. The molecule has 0 amide bonds. The van der Waals surface area contributed by atoms with Gasteiger partial charge in [-0.3, -0.25) is 4.57 Å². The molecule has 0 aromatic carbocycles. The van der Waals surface area contributed by atoms with Gasteiger partial charge in [-0.05, 0) is 12.8 Å². The number of rotatable bonds is 6. The first-order chi connectivity index (χ1) is 13.7. The fraction of sp³-hybridized carbons (Fsp3) is 0.611. The number of hydrogen-bond donors (Lipinski definition) is 3. The number of terminal acetylenes is 1. The normalized spacial score (nSPS) is 28.5. The van der Waals surface area contributed by atoms with Gasteiger partial charge in [-0.2, -0.15) is 0 Å². The van der Waals surface area contributed by atoms with E-state index in [1.165, 1.54) is 12.7 Å². The summed E-state index contributed by atoms with van der Waals surface area (Å²) in [5.41, 5.74) is 1.08. The van der Waals surface area contributed by atoms with Crippen molar-refractivity contribution >= 4 is 17.0 Å². The molecule has 0 spiro atoms. The third kappa shape index (κ3) is 3.67. The van der Waals surface area contributed by atoms with Gasteiger partial charge in [0.25, 0.3) is 0 Å². The number of nitrogens with one attached hydrogen (secondary N) is 1. The summed E-state index contributed by atoms with van der Waals surface area (Å²) in [6.45, 7) is 1.61. The Hall–Kier alpha value is -2.29. The molecular weight excluding hydrogens is 366 g/mol. The molecule has 10 nitrogen and oxygen atoms in total. The van der Waals surface area contributed by atoms with E-state index < -0.39 is 24.5 Å². The van der Waals surface area contributed by atoms with Gasteiger partial charge in [-0.25, -0.2) is 15.0 Å². The van der Waals surface area contributed by atoms with E-state index in [9.17, 15) is 10.2 Å². The van der Waals surface area contributed by atoms with Gasteiger partial charge in [0.05, 0.1) is 12.9 Å². The Bertz CT molecular complexity index is 846. The second-order valence-electron chi connectivity index (χ2n) is 6.84. The van der Waals surface area contributed by atoms with Crippen LogP contribution in [0, 0.1) is 12.3 Å². The smallest absolute Gasteiger partial charge is 0.167 e. The van der Waals surface area contributed by atoms with Crippen LogP contribution in [-0.4, -0.2) is 80.5 Å². The molecule has 4 unspecified atom stereocenters. The number of fused-ring (bicyclic) bond motifs is 1. The van der Waals surface area contributed by atoms with Gasteiger partial charge >= 0.3 is 0 Å². The van der Waals surface area contributed by atoms with Crippen LogP contribution >= 0.6 is 0 Å². The SMILES string of the molecule is C#CCOCC1OC(n2cnc3c(NC4CCOCC4)ncnc32)C(O)C1O. The van der Waals surface area contributed by atoms with Gasteiger partial charge in [-0.1, -0.05) is 5.92 Å². The molecule has 4 heterocycles. The van der Waals surface area contributed by atoms with Gasteiger partial charge in [0.2, 0.25) is 0 Å². The molecule has 150 valence electrons. The van der Waals surface area contributed by atoms with E-state index in [1.807, 2.05) is 0 Å². The largest absolute Gasteiger partial charge is 0.387 e. The average Bonchev–Trinajstić information content (AvgIpc) is 3.26. The minimum absolute atomic E-state index is 0.0805. The molecule has 2 aromatic rings. The van der Waals surface area contributed by atoms with E-state index >= 15 is 0 Å². The summed E-state index contributed by atoms with van der Waals surface area (Å²) in [5.74, 6) is 2.97. The van der Waals surface area contributed by atoms with Crippen LogP contribution in [0.1, 0.15) is 19.1 Å². The minimum Gasteiger partial charge on any atom is -0.387 e.